The van der Waals surface area contributed by atoms with Gasteiger partial charge in [-0.1, -0.05) is 27.7 Å². The Hall–Kier alpha value is -0.570. The van der Waals surface area contributed by atoms with E-state index in [1.165, 1.54) is 6.42 Å². The molecule has 3 N–H and O–H groups in total. The van der Waals surface area contributed by atoms with Crippen molar-refractivity contribution in [1.29, 1.82) is 0 Å². The van der Waals surface area contributed by atoms with Crippen LogP contribution >= 0.6 is 0 Å². The van der Waals surface area contributed by atoms with Gasteiger partial charge < -0.3 is 11.1 Å². The molecule has 0 aromatic heterocycles. The van der Waals surface area contributed by atoms with Gasteiger partial charge in [-0.3, -0.25) is 4.79 Å². The number of hydrogen-bond donors (Lipinski definition) is 2. The highest BCUT2D eigenvalue weighted by atomic mass is 16.2. The predicted molar refractivity (Wildman–Crippen MR) is 66.7 cm³/mol. The van der Waals surface area contributed by atoms with Crippen LogP contribution in [0.2, 0.25) is 0 Å². The van der Waals surface area contributed by atoms with E-state index in [9.17, 15) is 4.79 Å². The van der Waals surface area contributed by atoms with Gasteiger partial charge >= 0.3 is 0 Å². The van der Waals surface area contributed by atoms with Gasteiger partial charge in [0.2, 0.25) is 5.91 Å². The number of amides is 1. The Morgan fingerprint density at radius 1 is 1.31 bits per heavy atom. The van der Waals surface area contributed by atoms with Crippen molar-refractivity contribution in [3.05, 3.63) is 0 Å². The Balaban J connectivity index is 2.77. The Bertz CT molecular complexity index is 269. The molecule has 1 fully saturated rings. The summed E-state index contributed by atoms with van der Waals surface area (Å²) in [5.74, 6) is 0.204. The molecule has 1 saturated carbocycles. The van der Waals surface area contributed by atoms with Crippen molar-refractivity contribution in [3.8, 4) is 0 Å². The summed E-state index contributed by atoms with van der Waals surface area (Å²) in [6.07, 6.45) is 3.01. The van der Waals surface area contributed by atoms with Crippen LogP contribution < -0.4 is 11.1 Å². The van der Waals surface area contributed by atoms with Gasteiger partial charge in [0.15, 0.2) is 0 Å². The number of carbonyl (C=O) groups is 1. The highest BCUT2D eigenvalue weighted by Gasteiger charge is 2.43. The van der Waals surface area contributed by atoms with Crippen LogP contribution in [0.1, 0.15) is 53.9 Å². The molecule has 3 nitrogen and oxygen atoms in total. The Morgan fingerprint density at radius 2 is 1.88 bits per heavy atom. The molecule has 0 aliphatic heterocycles. The van der Waals surface area contributed by atoms with E-state index in [1.807, 2.05) is 0 Å². The normalized spacial score (nSPS) is 29.5. The molecule has 0 bridgehead atoms. The average molecular weight is 226 g/mol. The maximum Gasteiger partial charge on any atom is 0.224 e. The number of nitrogens with one attached hydrogen (secondary N) is 1. The molecule has 1 unspecified atom stereocenters. The van der Waals surface area contributed by atoms with Crippen LogP contribution in [-0.4, -0.2) is 12.1 Å². The number of nitrogens with two attached hydrogens (primary N) is 1. The third-order valence-corrected chi connectivity index (χ3v) is 3.83. The zero-order valence-electron chi connectivity index (χ0n) is 11.3. The lowest BCUT2D eigenvalue weighted by Crippen LogP contribution is -2.49. The zero-order valence-corrected chi connectivity index (χ0v) is 11.3. The van der Waals surface area contributed by atoms with Gasteiger partial charge in [-0.25, -0.2) is 0 Å². The fraction of sp³-hybridized carbons (Fsp3) is 0.923. The van der Waals surface area contributed by atoms with Crippen LogP contribution in [0.4, 0.5) is 0 Å². The van der Waals surface area contributed by atoms with Crippen LogP contribution in [0.3, 0.4) is 0 Å². The van der Waals surface area contributed by atoms with Gasteiger partial charge in [0.25, 0.3) is 0 Å². The van der Waals surface area contributed by atoms with E-state index in [0.29, 0.717) is 0 Å². The summed E-state index contributed by atoms with van der Waals surface area (Å²) in [7, 11) is 0. The summed E-state index contributed by atoms with van der Waals surface area (Å²) in [6, 6.07) is 0. The summed E-state index contributed by atoms with van der Waals surface area (Å²) in [5.41, 5.74) is 5.99. The lowest BCUT2D eigenvalue weighted by Gasteiger charge is -2.45. The molecule has 0 saturated heterocycles. The molecule has 1 aliphatic carbocycles. The first-order valence-corrected chi connectivity index (χ1v) is 6.20. The molecular formula is C13H26N2O. The van der Waals surface area contributed by atoms with Crippen LogP contribution in [-0.2, 0) is 4.79 Å². The summed E-state index contributed by atoms with van der Waals surface area (Å²) < 4.78 is 0. The molecule has 0 spiro atoms. The second-order valence-corrected chi connectivity index (χ2v) is 6.71. The SMILES string of the molecule is C[C@@H](N)NC(=O)C1CC(C)(C)CCC1(C)C. The summed E-state index contributed by atoms with van der Waals surface area (Å²) >= 11 is 0. The molecule has 1 aliphatic rings. The van der Waals surface area contributed by atoms with Crippen molar-refractivity contribution in [2.45, 2.75) is 60.0 Å². The Morgan fingerprint density at radius 3 is 2.38 bits per heavy atom. The molecule has 1 rings (SSSR count). The van der Waals surface area contributed by atoms with Crippen LogP contribution in [0, 0.1) is 16.7 Å². The van der Waals surface area contributed by atoms with Gasteiger partial charge in [-0.15, -0.1) is 0 Å². The van der Waals surface area contributed by atoms with E-state index in [2.05, 4.69) is 33.0 Å². The summed E-state index contributed by atoms with van der Waals surface area (Å²) in [5, 5.41) is 2.84. The van der Waals surface area contributed by atoms with Gasteiger partial charge in [-0.05, 0) is 37.0 Å². The number of hydrogen-bond acceptors (Lipinski definition) is 2. The topological polar surface area (TPSA) is 55.1 Å². The molecule has 0 aromatic carbocycles. The standard InChI is InChI=1S/C13H26N2O/c1-9(14)15-11(16)10-8-12(2,3)6-7-13(10,4)5/h9-10H,6-8,14H2,1-5H3,(H,15,16)/t9-,10?/m0/s1. The van der Waals surface area contributed by atoms with Crippen molar-refractivity contribution in [3.63, 3.8) is 0 Å². The quantitative estimate of drug-likeness (QED) is 0.710. The maximum atomic E-state index is 12.1. The molecule has 2 atom stereocenters. The van der Waals surface area contributed by atoms with Crippen LogP contribution in [0.5, 0.6) is 0 Å². The third-order valence-electron chi connectivity index (χ3n) is 3.83. The summed E-state index contributed by atoms with van der Waals surface area (Å²) in [4.78, 5) is 12.1. The van der Waals surface area contributed by atoms with E-state index >= 15 is 0 Å². The Kier molecular flexibility index (Phi) is 3.68. The second kappa shape index (κ2) is 4.36. The van der Waals surface area contributed by atoms with Crippen LogP contribution in [0.25, 0.3) is 0 Å². The lowest BCUT2D eigenvalue weighted by atomic mass is 9.60. The molecule has 0 aromatic rings. The van der Waals surface area contributed by atoms with Crippen molar-refractivity contribution in [1.82, 2.24) is 5.32 Å². The molecule has 1 amide bonds. The highest BCUT2D eigenvalue weighted by Crippen LogP contribution is 2.48. The summed E-state index contributed by atoms with van der Waals surface area (Å²) in [6.45, 7) is 10.7. The molecule has 0 heterocycles. The van der Waals surface area contributed by atoms with Crippen molar-refractivity contribution < 1.29 is 4.79 Å². The molecule has 16 heavy (non-hydrogen) atoms. The monoisotopic (exact) mass is 226 g/mol. The fourth-order valence-electron chi connectivity index (χ4n) is 2.54. The maximum absolute atomic E-state index is 12.1. The smallest absolute Gasteiger partial charge is 0.224 e. The zero-order chi connectivity index (χ0) is 12.6. The number of rotatable bonds is 2. The molecule has 0 radical (unpaired) electrons. The fourth-order valence-corrected chi connectivity index (χ4v) is 2.54. The van der Waals surface area contributed by atoms with Gasteiger partial charge in [0.05, 0.1) is 6.17 Å². The predicted octanol–water partition coefficient (Wildman–Crippen LogP) is 2.26. The van der Waals surface area contributed by atoms with Crippen molar-refractivity contribution in [2.24, 2.45) is 22.5 Å². The van der Waals surface area contributed by atoms with E-state index in [-0.39, 0.29) is 28.8 Å². The van der Waals surface area contributed by atoms with Gasteiger partial charge in [0, 0.05) is 5.92 Å². The van der Waals surface area contributed by atoms with E-state index < -0.39 is 0 Å². The van der Waals surface area contributed by atoms with Gasteiger partial charge in [-0.2, -0.15) is 0 Å². The minimum absolute atomic E-state index is 0.0854. The lowest BCUT2D eigenvalue weighted by molar-refractivity contribution is -0.133. The van der Waals surface area contributed by atoms with Crippen molar-refractivity contribution >= 4 is 5.91 Å². The van der Waals surface area contributed by atoms with E-state index in [4.69, 9.17) is 5.73 Å². The minimum Gasteiger partial charge on any atom is -0.341 e. The number of carbonyl (C=O) groups excluding carboxylic acids is 1. The van der Waals surface area contributed by atoms with Crippen LogP contribution in [0.15, 0.2) is 0 Å². The highest BCUT2D eigenvalue weighted by molar-refractivity contribution is 5.79. The molecule has 3 heteroatoms. The first-order valence-electron chi connectivity index (χ1n) is 6.20. The van der Waals surface area contributed by atoms with Crippen molar-refractivity contribution in [2.75, 3.05) is 0 Å². The minimum atomic E-state index is -0.256. The third kappa shape index (κ3) is 3.21. The first-order chi connectivity index (χ1) is 7.14. The molecular weight excluding hydrogens is 200 g/mol. The molecule has 94 valence electrons. The average Bonchev–Trinajstić information content (AvgIpc) is 2.09. The van der Waals surface area contributed by atoms with E-state index in [0.717, 1.165) is 12.8 Å². The van der Waals surface area contributed by atoms with E-state index in [1.54, 1.807) is 6.92 Å². The first kappa shape index (κ1) is 13.5. The second-order valence-electron chi connectivity index (χ2n) is 6.71. The van der Waals surface area contributed by atoms with Gasteiger partial charge in [0.1, 0.15) is 0 Å². The Labute approximate surface area is 99.2 Å². The largest absolute Gasteiger partial charge is 0.341 e.